The number of carbonyl (C=O) groups excluding carboxylic acids is 3. The number of alkyl carbamates (subject to hydrolysis) is 2. The Morgan fingerprint density at radius 3 is 2.31 bits per heavy atom. The van der Waals surface area contributed by atoms with E-state index in [9.17, 15) is 27.9 Å². The molecule has 7 atom stereocenters. The van der Waals surface area contributed by atoms with Crippen LogP contribution in [0.3, 0.4) is 0 Å². The molecular weight excluding hydrogens is 857 g/mol. The highest BCUT2D eigenvalue weighted by Gasteiger charge is 2.51. The van der Waals surface area contributed by atoms with Crippen molar-refractivity contribution < 1.29 is 37.4 Å². The maximum atomic E-state index is 14.1. The molecule has 1 aliphatic carbocycles. The lowest BCUT2D eigenvalue weighted by atomic mass is 9.97. The Hall–Kier alpha value is -5.56. The molecule has 6 aromatic rings. The monoisotopic (exact) mass is 910 g/mol. The van der Waals surface area contributed by atoms with Crippen molar-refractivity contribution in [2.24, 2.45) is 11.8 Å². The molecule has 0 spiro atoms. The third-order valence-electron chi connectivity index (χ3n) is 13.3. The van der Waals surface area contributed by atoms with Crippen molar-refractivity contribution >= 4 is 70.5 Å². The number of piperidine rings is 1. The van der Waals surface area contributed by atoms with E-state index in [-0.39, 0.29) is 48.0 Å². The fourth-order valence-corrected chi connectivity index (χ4v) is 12.0. The van der Waals surface area contributed by atoms with Gasteiger partial charge in [-0.1, -0.05) is 44.2 Å². The summed E-state index contributed by atoms with van der Waals surface area (Å²) in [6.07, 6.45) is 4.96. The van der Waals surface area contributed by atoms with Crippen LogP contribution in [-0.4, -0.2) is 118 Å². The second-order valence-corrected chi connectivity index (χ2v) is 21.1. The van der Waals surface area contributed by atoms with E-state index < -0.39 is 40.3 Å². The number of fused-ring (bicyclic) bond motifs is 6. The van der Waals surface area contributed by atoms with Gasteiger partial charge in [-0.2, -0.15) is 0 Å². The second kappa shape index (κ2) is 17.4. The number of aromatic amines is 2. The van der Waals surface area contributed by atoms with Gasteiger partial charge in [0, 0.05) is 44.6 Å². The number of aliphatic hydroxyl groups is 1. The minimum Gasteiger partial charge on any atom is -0.453 e. The number of benzene rings is 3. The van der Waals surface area contributed by atoms with Gasteiger partial charge in [-0.05, 0) is 85.8 Å². The van der Waals surface area contributed by atoms with Crippen molar-refractivity contribution in [2.45, 2.75) is 88.8 Å². The largest absolute Gasteiger partial charge is 0.453 e. The second-order valence-electron chi connectivity index (χ2n) is 17.8. The smallest absolute Gasteiger partial charge is 0.407 e. The highest BCUT2D eigenvalue weighted by atomic mass is 32.2. The van der Waals surface area contributed by atoms with E-state index >= 15 is 0 Å². The van der Waals surface area contributed by atoms with Gasteiger partial charge >= 0.3 is 12.2 Å². The number of nitrogens with one attached hydrogen (secondary N) is 4. The molecular formula is C46H54N8O8S2. The number of thiophene rings is 1. The first kappa shape index (κ1) is 43.7. The van der Waals surface area contributed by atoms with Crippen LogP contribution in [0.25, 0.3) is 53.6 Å². The molecule has 338 valence electrons. The number of H-pyrrole nitrogens is 2. The molecule has 3 aromatic heterocycles. The predicted octanol–water partition coefficient (Wildman–Crippen LogP) is 7.04. The summed E-state index contributed by atoms with van der Waals surface area (Å²) in [5.41, 5.74) is 5.59. The van der Waals surface area contributed by atoms with Gasteiger partial charge < -0.3 is 40.1 Å². The van der Waals surface area contributed by atoms with Crippen LogP contribution in [-0.2, 0) is 24.1 Å². The topological polar surface area (TPSA) is 212 Å². The highest BCUT2D eigenvalue weighted by molar-refractivity contribution is 7.90. The van der Waals surface area contributed by atoms with Gasteiger partial charge in [0.15, 0.2) is 0 Å². The molecule has 2 bridgehead atoms. The number of aromatic nitrogens is 4. The van der Waals surface area contributed by atoms with E-state index in [1.54, 1.807) is 11.3 Å². The van der Waals surface area contributed by atoms with Crippen LogP contribution in [0.15, 0.2) is 60.8 Å². The van der Waals surface area contributed by atoms with Crippen molar-refractivity contribution in [3.63, 3.8) is 0 Å². The van der Waals surface area contributed by atoms with Gasteiger partial charge in [0.05, 0.1) is 61.0 Å². The molecule has 5 N–H and O–H groups in total. The lowest BCUT2D eigenvalue weighted by Gasteiger charge is -2.36. The fraction of sp³-hybridized carbons (Fsp3) is 0.457. The van der Waals surface area contributed by atoms with Crippen LogP contribution in [0.5, 0.6) is 0 Å². The Morgan fingerprint density at radius 2 is 1.59 bits per heavy atom. The Bertz CT molecular complexity index is 2860. The standard InChI is InChI=1S/C46H54N8O8S2/c1-24(2)39(52-46(58)62-4)44(56)53-17-6-7-36(53)41-47-23-35(50-41)27-10-14-31-30-13-9-26(21-37(30)63-38(31)22-27)25-11-15-32-34(20-25)49-42(48-32)40-28-8-12-29(19-28)54(40)43(55)33(51-45(57)61-3)16-18-64(5,59)60/h9-11,13-15,20-24,28-29,33,36,39-40,44,56H,6-8,12,16-19H2,1-5H3,(H,47,50)(H,48,49)(H,51,57)(H,52,58)/t28-,29+,33-,36-,39-,40?,44?/m0/s1. The zero-order chi connectivity index (χ0) is 45.0. The van der Waals surface area contributed by atoms with Crippen LogP contribution in [0.2, 0.25) is 0 Å². The molecule has 9 rings (SSSR count). The summed E-state index contributed by atoms with van der Waals surface area (Å²) in [7, 11) is -0.855. The Balaban J connectivity index is 0.944. The number of amides is 3. The number of rotatable bonds is 13. The lowest BCUT2D eigenvalue weighted by Crippen LogP contribution is -2.54. The summed E-state index contributed by atoms with van der Waals surface area (Å²) in [5.74, 6) is 1.04. The molecule has 2 aliphatic heterocycles. The lowest BCUT2D eigenvalue weighted by molar-refractivity contribution is -0.138. The Morgan fingerprint density at radius 1 is 0.906 bits per heavy atom. The third-order valence-corrected chi connectivity index (χ3v) is 15.4. The molecule has 3 aromatic carbocycles. The third kappa shape index (κ3) is 8.43. The van der Waals surface area contributed by atoms with Gasteiger partial charge in [-0.3, -0.25) is 9.69 Å². The molecule has 0 radical (unpaired) electrons. The number of hydrogen-bond donors (Lipinski definition) is 5. The van der Waals surface area contributed by atoms with Gasteiger partial charge in [0.1, 0.15) is 33.8 Å². The zero-order valence-electron chi connectivity index (χ0n) is 36.5. The SMILES string of the molecule is COC(=O)N[C@@H](C(C)C)C(O)N1CCC[C@H]1c1ncc(-c2ccc3c(c2)sc2cc(-c4ccc5nc(C6[C@H]7CC[C@H](C7)N6C(=O)[C@H](CCS(C)(=O)=O)NC(=O)OC)[nH]c5c4)ccc23)[nH]1. The molecule has 5 heterocycles. The van der Waals surface area contributed by atoms with E-state index in [1.807, 2.05) is 35.9 Å². The molecule has 2 saturated heterocycles. The van der Waals surface area contributed by atoms with E-state index in [2.05, 4.69) is 69.1 Å². The van der Waals surface area contributed by atoms with Crippen LogP contribution in [0, 0.1) is 11.8 Å². The summed E-state index contributed by atoms with van der Waals surface area (Å²) < 4.78 is 36.0. The zero-order valence-corrected chi connectivity index (χ0v) is 38.1. The molecule has 3 aliphatic rings. The first-order valence-electron chi connectivity index (χ1n) is 21.8. The number of aliphatic hydroxyl groups excluding tert-OH is 1. The molecule has 3 fully saturated rings. The van der Waals surface area contributed by atoms with Crippen LogP contribution in [0.4, 0.5) is 9.59 Å². The molecule has 2 unspecified atom stereocenters. The molecule has 64 heavy (non-hydrogen) atoms. The van der Waals surface area contributed by atoms with Crippen molar-refractivity contribution in [3.8, 4) is 22.4 Å². The number of imidazole rings is 2. The van der Waals surface area contributed by atoms with E-state index in [4.69, 9.17) is 19.4 Å². The number of hydrogen-bond acceptors (Lipinski definition) is 12. The van der Waals surface area contributed by atoms with Crippen LogP contribution in [0.1, 0.15) is 76.1 Å². The predicted molar refractivity (Wildman–Crippen MR) is 245 cm³/mol. The first-order valence-corrected chi connectivity index (χ1v) is 24.7. The quantitative estimate of drug-likeness (QED) is 0.0794. The number of carbonyl (C=O) groups is 3. The van der Waals surface area contributed by atoms with Gasteiger partial charge in [0.25, 0.3) is 0 Å². The summed E-state index contributed by atoms with van der Waals surface area (Å²) in [4.78, 5) is 59.1. The van der Waals surface area contributed by atoms with Crippen molar-refractivity contribution in [2.75, 3.05) is 32.8 Å². The van der Waals surface area contributed by atoms with Gasteiger partial charge in [-0.25, -0.2) is 28.0 Å². The fourth-order valence-electron chi connectivity index (χ4n) is 10.1. The summed E-state index contributed by atoms with van der Waals surface area (Å²) in [5, 5.41) is 19.2. The van der Waals surface area contributed by atoms with E-state index in [1.165, 1.54) is 19.6 Å². The first-order chi connectivity index (χ1) is 30.7. The Labute approximate surface area is 375 Å². The summed E-state index contributed by atoms with van der Waals surface area (Å²) >= 11 is 1.73. The van der Waals surface area contributed by atoms with Crippen LogP contribution < -0.4 is 10.6 Å². The summed E-state index contributed by atoms with van der Waals surface area (Å²) in [6, 6.07) is 17.1. The molecule has 18 heteroatoms. The van der Waals surface area contributed by atoms with E-state index in [0.717, 1.165) is 92.4 Å². The molecule has 3 amide bonds. The summed E-state index contributed by atoms with van der Waals surface area (Å²) in [6.45, 7) is 4.60. The number of ether oxygens (including phenoxy) is 2. The van der Waals surface area contributed by atoms with Crippen molar-refractivity contribution in [1.29, 1.82) is 0 Å². The van der Waals surface area contributed by atoms with Gasteiger partial charge in [0.2, 0.25) is 5.91 Å². The average molecular weight is 911 g/mol. The minimum atomic E-state index is -3.38. The highest BCUT2D eigenvalue weighted by Crippen LogP contribution is 2.50. The Kier molecular flexibility index (Phi) is 11.9. The number of sulfone groups is 1. The van der Waals surface area contributed by atoms with Crippen molar-refractivity contribution in [1.82, 2.24) is 40.4 Å². The average Bonchev–Trinajstić information content (AvgIpc) is 4.14. The number of methoxy groups -OCH3 is 2. The molecule has 1 saturated carbocycles. The maximum absolute atomic E-state index is 14.1. The van der Waals surface area contributed by atoms with E-state index in [0.29, 0.717) is 12.4 Å². The van der Waals surface area contributed by atoms with Crippen LogP contribution >= 0.6 is 11.3 Å². The normalized spacial score (nSPS) is 21.5. The minimum absolute atomic E-state index is 0.0211. The maximum Gasteiger partial charge on any atom is 0.407 e. The molecule has 16 nitrogen and oxygen atoms in total. The number of likely N-dealkylation sites (tertiary alicyclic amines) is 2. The number of nitrogens with zero attached hydrogens (tertiary/aromatic N) is 4. The van der Waals surface area contributed by atoms with Crippen molar-refractivity contribution in [3.05, 3.63) is 72.4 Å². The van der Waals surface area contributed by atoms with Gasteiger partial charge in [-0.15, -0.1) is 11.3 Å².